The van der Waals surface area contributed by atoms with Gasteiger partial charge >= 0.3 is 5.97 Å². The molecular weight excluding hydrogens is 342 g/mol. The highest BCUT2D eigenvalue weighted by Gasteiger charge is 2.13. The molecule has 0 bridgehead atoms. The first kappa shape index (κ1) is 19.9. The summed E-state index contributed by atoms with van der Waals surface area (Å²) in [6, 6.07) is 18.6. The number of amides is 1. The lowest BCUT2D eigenvalue weighted by molar-refractivity contribution is -0.147. The van der Waals surface area contributed by atoms with E-state index in [9.17, 15) is 9.59 Å². The zero-order valence-electron chi connectivity index (χ0n) is 15.4. The van der Waals surface area contributed by atoms with Crippen molar-refractivity contribution in [3.8, 4) is 0 Å². The molecule has 0 heterocycles. The van der Waals surface area contributed by atoms with E-state index in [1.54, 1.807) is 13.8 Å². The molecule has 0 aliphatic heterocycles. The Morgan fingerprint density at radius 1 is 0.963 bits per heavy atom. The first-order valence-electron chi connectivity index (χ1n) is 8.53. The maximum atomic E-state index is 12.1. The van der Waals surface area contributed by atoms with Gasteiger partial charge in [0.05, 0.1) is 17.8 Å². The fourth-order valence-corrected chi connectivity index (χ4v) is 2.40. The first-order chi connectivity index (χ1) is 13.0. The molecule has 0 atom stereocenters. The number of ether oxygens (including phenoxy) is 1. The molecule has 2 aromatic rings. The average molecular weight is 365 g/mol. The van der Waals surface area contributed by atoms with E-state index in [1.807, 2.05) is 60.7 Å². The molecule has 2 aromatic carbocycles. The van der Waals surface area contributed by atoms with Crippen LogP contribution in [0.4, 0.5) is 5.69 Å². The standard InChI is InChI=1S/C21H23N3O3/c1-15(22)21(16(2)23-18-11-7-4-8-12-18)24-19(25)14-27-20(26)13-17-9-5-3-6-10-17/h3-12,22-23H,13-14H2,1-2H3,(H,24,25)/b21-16+,22-15?. The predicted octanol–water partition coefficient (Wildman–Crippen LogP) is 3.27. The summed E-state index contributed by atoms with van der Waals surface area (Å²) in [6.45, 7) is 2.94. The second kappa shape index (κ2) is 9.91. The van der Waals surface area contributed by atoms with Crippen LogP contribution in [0.5, 0.6) is 0 Å². The summed E-state index contributed by atoms with van der Waals surface area (Å²) in [5.74, 6) is -0.972. The highest BCUT2D eigenvalue weighted by Crippen LogP contribution is 2.11. The van der Waals surface area contributed by atoms with Crippen molar-refractivity contribution in [3.05, 3.63) is 77.6 Å². The van der Waals surface area contributed by atoms with Crippen molar-refractivity contribution in [2.45, 2.75) is 20.3 Å². The number of nitrogens with one attached hydrogen (secondary N) is 3. The molecule has 6 heteroatoms. The van der Waals surface area contributed by atoms with Crippen molar-refractivity contribution in [1.82, 2.24) is 5.32 Å². The molecule has 27 heavy (non-hydrogen) atoms. The number of rotatable bonds is 8. The summed E-state index contributed by atoms with van der Waals surface area (Å²) in [4.78, 5) is 24.0. The quantitative estimate of drug-likeness (QED) is 0.495. The van der Waals surface area contributed by atoms with Crippen LogP contribution in [0.1, 0.15) is 19.4 Å². The predicted molar refractivity (Wildman–Crippen MR) is 105 cm³/mol. The van der Waals surface area contributed by atoms with Crippen molar-refractivity contribution >= 4 is 23.3 Å². The molecule has 0 aliphatic carbocycles. The Balaban J connectivity index is 1.91. The highest BCUT2D eigenvalue weighted by atomic mass is 16.5. The SMILES string of the molecule is CC(=N)/C(NC(=O)COC(=O)Cc1ccccc1)=C(/C)Nc1ccccc1. The van der Waals surface area contributed by atoms with Crippen molar-refractivity contribution in [1.29, 1.82) is 5.41 Å². The molecule has 6 nitrogen and oxygen atoms in total. The zero-order valence-corrected chi connectivity index (χ0v) is 15.4. The minimum atomic E-state index is -0.493. The molecule has 2 rings (SSSR count). The molecule has 0 spiro atoms. The number of esters is 1. The van der Waals surface area contributed by atoms with Crippen LogP contribution >= 0.6 is 0 Å². The zero-order chi connectivity index (χ0) is 19.6. The van der Waals surface area contributed by atoms with Gasteiger partial charge in [-0.3, -0.25) is 9.59 Å². The Bertz CT molecular complexity index is 830. The number of benzene rings is 2. The maximum Gasteiger partial charge on any atom is 0.310 e. The number of allylic oxidation sites excluding steroid dienone is 2. The van der Waals surface area contributed by atoms with Crippen LogP contribution < -0.4 is 10.6 Å². The first-order valence-corrected chi connectivity index (χ1v) is 8.53. The van der Waals surface area contributed by atoms with Crippen molar-refractivity contribution in [2.75, 3.05) is 11.9 Å². The van der Waals surface area contributed by atoms with Gasteiger partial charge in [-0.25, -0.2) is 0 Å². The fraction of sp³-hybridized carbons (Fsp3) is 0.190. The van der Waals surface area contributed by atoms with E-state index in [2.05, 4.69) is 10.6 Å². The topological polar surface area (TPSA) is 91.3 Å². The van der Waals surface area contributed by atoms with Crippen LogP contribution in [-0.4, -0.2) is 24.2 Å². The fourth-order valence-electron chi connectivity index (χ4n) is 2.40. The minimum Gasteiger partial charge on any atom is -0.455 e. The summed E-state index contributed by atoms with van der Waals surface area (Å²) >= 11 is 0. The van der Waals surface area contributed by atoms with E-state index >= 15 is 0 Å². The van der Waals surface area contributed by atoms with Gasteiger partial charge in [-0.05, 0) is 31.5 Å². The van der Waals surface area contributed by atoms with Gasteiger partial charge in [0, 0.05) is 11.4 Å². The van der Waals surface area contributed by atoms with Gasteiger partial charge in [-0.2, -0.15) is 0 Å². The smallest absolute Gasteiger partial charge is 0.310 e. The third-order valence-electron chi connectivity index (χ3n) is 3.68. The van der Waals surface area contributed by atoms with Gasteiger partial charge in [-0.15, -0.1) is 0 Å². The number of carbonyl (C=O) groups is 2. The second-order valence-electron chi connectivity index (χ2n) is 5.99. The molecule has 0 fully saturated rings. The number of para-hydroxylation sites is 1. The molecule has 0 radical (unpaired) electrons. The maximum absolute atomic E-state index is 12.1. The Hall–Kier alpha value is -3.41. The summed E-state index contributed by atoms with van der Waals surface area (Å²) in [5, 5.41) is 13.7. The van der Waals surface area contributed by atoms with Crippen LogP contribution in [0.3, 0.4) is 0 Å². The molecule has 0 saturated carbocycles. The second-order valence-corrected chi connectivity index (χ2v) is 5.99. The molecule has 0 unspecified atom stereocenters. The number of hydrogen-bond acceptors (Lipinski definition) is 5. The molecule has 0 aromatic heterocycles. The van der Waals surface area contributed by atoms with Crippen LogP contribution in [0.25, 0.3) is 0 Å². The van der Waals surface area contributed by atoms with Gasteiger partial charge < -0.3 is 20.8 Å². The third kappa shape index (κ3) is 6.78. The lowest BCUT2D eigenvalue weighted by atomic mass is 10.2. The monoisotopic (exact) mass is 365 g/mol. The highest BCUT2D eigenvalue weighted by molar-refractivity contribution is 6.00. The average Bonchev–Trinajstić information content (AvgIpc) is 2.65. The lowest BCUT2D eigenvalue weighted by Gasteiger charge is -2.15. The van der Waals surface area contributed by atoms with E-state index in [0.29, 0.717) is 11.4 Å². The Labute approximate surface area is 158 Å². The lowest BCUT2D eigenvalue weighted by Crippen LogP contribution is -2.32. The number of hydrogen-bond donors (Lipinski definition) is 3. The number of anilines is 1. The van der Waals surface area contributed by atoms with Gasteiger partial charge in [0.25, 0.3) is 5.91 Å². The third-order valence-corrected chi connectivity index (χ3v) is 3.68. The summed E-state index contributed by atoms with van der Waals surface area (Å²) in [5.41, 5.74) is 2.83. The normalized spacial score (nSPS) is 11.2. The van der Waals surface area contributed by atoms with E-state index in [0.717, 1.165) is 11.3 Å². The van der Waals surface area contributed by atoms with Crippen LogP contribution in [0.2, 0.25) is 0 Å². The molecule has 0 aliphatic rings. The van der Waals surface area contributed by atoms with Crippen molar-refractivity contribution in [3.63, 3.8) is 0 Å². The van der Waals surface area contributed by atoms with Crippen LogP contribution in [0.15, 0.2) is 72.1 Å². The minimum absolute atomic E-state index is 0.106. The molecule has 0 saturated heterocycles. The summed E-state index contributed by atoms with van der Waals surface area (Å²) in [7, 11) is 0. The van der Waals surface area contributed by atoms with Crippen molar-refractivity contribution in [2.24, 2.45) is 0 Å². The van der Waals surface area contributed by atoms with Gasteiger partial charge in [0.15, 0.2) is 6.61 Å². The molecular formula is C21H23N3O3. The summed E-state index contributed by atoms with van der Waals surface area (Å²) < 4.78 is 5.02. The van der Waals surface area contributed by atoms with Gasteiger partial charge in [0.1, 0.15) is 0 Å². The Kier molecular flexibility index (Phi) is 7.31. The molecule has 3 N–H and O–H groups in total. The number of carbonyl (C=O) groups excluding carboxylic acids is 2. The van der Waals surface area contributed by atoms with E-state index in [4.69, 9.17) is 10.1 Å². The van der Waals surface area contributed by atoms with E-state index in [-0.39, 0.29) is 12.1 Å². The van der Waals surface area contributed by atoms with E-state index < -0.39 is 18.5 Å². The van der Waals surface area contributed by atoms with Gasteiger partial charge in [0.2, 0.25) is 0 Å². The molecule has 140 valence electrons. The van der Waals surface area contributed by atoms with Crippen LogP contribution in [-0.2, 0) is 20.7 Å². The van der Waals surface area contributed by atoms with E-state index in [1.165, 1.54) is 0 Å². The Morgan fingerprint density at radius 3 is 2.15 bits per heavy atom. The Morgan fingerprint density at radius 2 is 1.56 bits per heavy atom. The largest absolute Gasteiger partial charge is 0.455 e. The van der Waals surface area contributed by atoms with Gasteiger partial charge in [-0.1, -0.05) is 48.5 Å². The van der Waals surface area contributed by atoms with Crippen LogP contribution in [0, 0.1) is 5.41 Å². The van der Waals surface area contributed by atoms with Crippen molar-refractivity contribution < 1.29 is 14.3 Å². The molecule has 1 amide bonds. The summed E-state index contributed by atoms with van der Waals surface area (Å²) in [6.07, 6.45) is 0.106.